The van der Waals surface area contributed by atoms with Crippen LogP contribution in [0.4, 0.5) is 0 Å². The van der Waals surface area contributed by atoms with Gasteiger partial charge in [0.15, 0.2) is 5.78 Å². The lowest BCUT2D eigenvalue weighted by Gasteiger charge is -2.20. The number of halogens is 1. The van der Waals surface area contributed by atoms with Crippen LogP contribution in [0.2, 0.25) is 5.02 Å². The molecule has 1 atom stereocenters. The van der Waals surface area contributed by atoms with Gasteiger partial charge in [-0.3, -0.25) is 9.59 Å². The maximum Gasteiger partial charge on any atom is 0.316 e. The number of ketones is 1. The highest BCUT2D eigenvalue weighted by atomic mass is 35.5. The van der Waals surface area contributed by atoms with Gasteiger partial charge in [-0.05, 0) is 48.6 Å². The molecule has 1 aliphatic carbocycles. The number of carbonyl (C=O) groups excluding carboxylic acids is 2. The van der Waals surface area contributed by atoms with Crippen LogP contribution in [0.1, 0.15) is 24.8 Å². The van der Waals surface area contributed by atoms with E-state index in [1.54, 1.807) is 12.1 Å². The molecule has 0 amide bonds. The van der Waals surface area contributed by atoms with Crippen LogP contribution in [0.5, 0.6) is 0 Å². The lowest BCUT2D eigenvalue weighted by molar-refractivity contribution is -0.149. The van der Waals surface area contributed by atoms with Crippen LogP contribution in [0.25, 0.3) is 6.08 Å². The van der Waals surface area contributed by atoms with Gasteiger partial charge in [0.05, 0.1) is 7.11 Å². The zero-order valence-corrected chi connectivity index (χ0v) is 11.4. The molecule has 0 heterocycles. The normalized spacial score (nSPS) is 21.5. The van der Waals surface area contributed by atoms with Gasteiger partial charge >= 0.3 is 5.97 Å². The second kappa shape index (κ2) is 6.02. The van der Waals surface area contributed by atoms with Gasteiger partial charge in [-0.15, -0.1) is 0 Å². The van der Waals surface area contributed by atoms with E-state index in [0.29, 0.717) is 23.4 Å². The van der Waals surface area contributed by atoms with Gasteiger partial charge in [-0.1, -0.05) is 23.7 Å². The SMILES string of the molecule is COC(=O)C1CCCC(=Cc2ccc(Cl)cc2)C1=O. The second-order valence-corrected chi connectivity index (χ2v) is 4.99. The molecule has 0 N–H and O–H groups in total. The Balaban J connectivity index is 2.22. The second-order valence-electron chi connectivity index (χ2n) is 4.55. The van der Waals surface area contributed by atoms with Gasteiger partial charge in [-0.2, -0.15) is 0 Å². The summed E-state index contributed by atoms with van der Waals surface area (Å²) in [6.07, 6.45) is 3.93. The lowest BCUT2D eigenvalue weighted by Crippen LogP contribution is -2.29. The fourth-order valence-corrected chi connectivity index (χ4v) is 2.37. The number of ether oxygens (including phenoxy) is 1. The molecular formula is C15H15ClO3. The van der Waals surface area contributed by atoms with E-state index >= 15 is 0 Å². The van der Waals surface area contributed by atoms with E-state index in [-0.39, 0.29) is 5.78 Å². The molecule has 4 heteroatoms. The number of carbonyl (C=O) groups is 2. The molecule has 100 valence electrons. The van der Waals surface area contributed by atoms with E-state index in [4.69, 9.17) is 11.6 Å². The summed E-state index contributed by atoms with van der Waals surface area (Å²) in [4.78, 5) is 23.7. The van der Waals surface area contributed by atoms with Gasteiger partial charge in [0.25, 0.3) is 0 Å². The van der Waals surface area contributed by atoms with Crippen LogP contribution in [-0.4, -0.2) is 18.9 Å². The number of methoxy groups -OCH3 is 1. The molecule has 0 bridgehead atoms. The number of rotatable bonds is 2. The molecule has 0 aromatic heterocycles. The molecule has 0 aliphatic heterocycles. The van der Waals surface area contributed by atoms with Gasteiger partial charge < -0.3 is 4.74 Å². The van der Waals surface area contributed by atoms with Crippen molar-refractivity contribution in [1.29, 1.82) is 0 Å². The number of hydrogen-bond donors (Lipinski definition) is 0. The number of esters is 1. The summed E-state index contributed by atoms with van der Waals surface area (Å²) in [7, 11) is 1.31. The summed E-state index contributed by atoms with van der Waals surface area (Å²) >= 11 is 5.82. The van der Waals surface area contributed by atoms with Crippen molar-refractivity contribution >= 4 is 29.4 Å². The summed E-state index contributed by atoms with van der Waals surface area (Å²) in [6, 6.07) is 7.26. The zero-order chi connectivity index (χ0) is 13.8. The minimum absolute atomic E-state index is 0.118. The summed E-state index contributed by atoms with van der Waals surface area (Å²) < 4.78 is 4.67. The summed E-state index contributed by atoms with van der Waals surface area (Å²) in [6.45, 7) is 0. The number of benzene rings is 1. The van der Waals surface area contributed by atoms with E-state index < -0.39 is 11.9 Å². The first kappa shape index (κ1) is 13.8. The Bertz CT molecular complexity index is 517. The van der Waals surface area contributed by atoms with Crippen molar-refractivity contribution < 1.29 is 14.3 Å². The van der Waals surface area contributed by atoms with Crippen molar-refractivity contribution in [1.82, 2.24) is 0 Å². The first-order valence-electron chi connectivity index (χ1n) is 6.20. The quantitative estimate of drug-likeness (QED) is 0.474. The minimum Gasteiger partial charge on any atom is -0.468 e. The van der Waals surface area contributed by atoms with E-state index in [9.17, 15) is 9.59 Å². The lowest BCUT2D eigenvalue weighted by atomic mass is 9.83. The molecule has 1 unspecified atom stereocenters. The summed E-state index contributed by atoms with van der Waals surface area (Å²) in [5.41, 5.74) is 1.60. The zero-order valence-electron chi connectivity index (χ0n) is 10.7. The minimum atomic E-state index is -0.641. The molecule has 3 nitrogen and oxygen atoms in total. The summed E-state index contributed by atoms with van der Waals surface area (Å²) in [5, 5.41) is 0.657. The molecule has 1 aromatic carbocycles. The molecule has 1 saturated carbocycles. The molecule has 2 rings (SSSR count). The number of hydrogen-bond acceptors (Lipinski definition) is 3. The molecule has 1 fully saturated rings. The van der Waals surface area contributed by atoms with Crippen LogP contribution in [0.15, 0.2) is 29.8 Å². The third kappa shape index (κ3) is 3.24. The van der Waals surface area contributed by atoms with E-state index in [1.807, 2.05) is 18.2 Å². The molecule has 19 heavy (non-hydrogen) atoms. The van der Waals surface area contributed by atoms with Crippen molar-refractivity contribution in [2.24, 2.45) is 5.92 Å². The first-order valence-corrected chi connectivity index (χ1v) is 6.58. The maximum atomic E-state index is 12.2. The monoisotopic (exact) mass is 278 g/mol. The Morgan fingerprint density at radius 2 is 2.05 bits per heavy atom. The average molecular weight is 279 g/mol. The smallest absolute Gasteiger partial charge is 0.316 e. The highest BCUT2D eigenvalue weighted by molar-refractivity contribution is 6.30. The number of allylic oxidation sites excluding steroid dienone is 1. The van der Waals surface area contributed by atoms with Gasteiger partial charge in [0.2, 0.25) is 0 Å². The van der Waals surface area contributed by atoms with Crippen molar-refractivity contribution in [3.05, 3.63) is 40.4 Å². The topological polar surface area (TPSA) is 43.4 Å². The van der Waals surface area contributed by atoms with Crippen LogP contribution < -0.4 is 0 Å². The molecule has 0 radical (unpaired) electrons. The highest BCUT2D eigenvalue weighted by Gasteiger charge is 2.32. The van der Waals surface area contributed by atoms with Crippen LogP contribution in [-0.2, 0) is 14.3 Å². The van der Waals surface area contributed by atoms with Crippen molar-refractivity contribution in [3.63, 3.8) is 0 Å². The first-order chi connectivity index (χ1) is 9.11. The van der Waals surface area contributed by atoms with Gasteiger partial charge in [0, 0.05) is 5.02 Å². The van der Waals surface area contributed by atoms with E-state index in [1.165, 1.54) is 7.11 Å². The average Bonchev–Trinajstić information content (AvgIpc) is 2.43. The number of Topliss-reactive ketones (excluding diaryl/α,β-unsaturated/α-hetero) is 1. The van der Waals surface area contributed by atoms with Crippen molar-refractivity contribution in [2.45, 2.75) is 19.3 Å². The maximum absolute atomic E-state index is 12.2. The molecule has 0 spiro atoms. The van der Waals surface area contributed by atoms with Crippen molar-refractivity contribution in [2.75, 3.05) is 7.11 Å². The Hall–Kier alpha value is -1.61. The highest BCUT2D eigenvalue weighted by Crippen LogP contribution is 2.28. The predicted octanol–water partition coefficient (Wildman–Crippen LogP) is 3.27. The fourth-order valence-electron chi connectivity index (χ4n) is 2.25. The van der Waals surface area contributed by atoms with E-state index in [0.717, 1.165) is 12.0 Å². The van der Waals surface area contributed by atoms with Gasteiger partial charge in [0.1, 0.15) is 5.92 Å². The molecular weight excluding hydrogens is 264 g/mol. The van der Waals surface area contributed by atoms with Crippen LogP contribution >= 0.6 is 11.6 Å². The molecule has 0 saturated heterocycles. The fraction of sp³-hybridized carbons (Fsp3) is 0.333. The third-order valence-electron chi connectivity index (χ3n) is 3.27. The Labute approximate surface area is 117 Å². The van der Waals surface area contributed by atoms with Gasteiger partial charge in [-0.25, -0.2) is 0 Å². The van der Waals surface area contributed by atoms with Crippen LogP contribution in [0, 0.1) is 5.92 Å². The molecule has 1 aliphatic rings. The van der Waals surface area contributed by atoms with E-state index in [2.05, 4.69) is 4.74 Å². The summed E-state index contributed by atoms with van der Waals surface area (Å²) in [5.74, 6) is -1.20. The standard InChI is InChI=1S/C15H15ClO3/c1-19-15(18)13-4-2-3-11(14(13)17)9-10-5-7-12(16)8-6-10/h5-9,13H,2-4H2,1H3. The van der Waals surface area contributed by atoms with Crippen LogP contribution in [0.3, 0.4) is 0 Å². The Morgan fingerprint density at radius 3 is 2.68 bits per heavy atom. The van der Waals surface area contributed by atoms with Crippen molar-refractivity contribution in [3.8, 4) is 0 Å². The predicted molar refractivity (Wildman–Crippen MR) is 73.8 cm³/mol. The Kier molecular flexibility index (Phi) is 4.38. The Morgan fingerprint density at radius 1 is 1.37 bits per heavy atom. The third-order valence-corrected chi connectivity index (χ3v) is 3.52. The largest absolute Gasteiger partial charge is 0.468 e. The molecule has 1 aromatic rings.